The molecule has 3 atom stereocenters. The summed E-state index contributed by atoms with van der Waals surface area (Å²) in [6, 6.07) is 0.133. The molecule has 1 aliphatic carbocycles. The van der Waals surface area contributed by atoms with Crippen molar-refractivity contribution in [2.45, 2.75) is 71.6 Å². The van der Waals surface area contributed by atoms with Gasteiger partial charge in [0.2, 0.25) is 5.91 Å². The molecule has 0 aromatic heterocycles. The molecule has 0 aromatic rings. The van der Waals surface area contributed by atoms with Crippen LogP contribution in [0.5, 0.6) is 0 Å². The molecule has 0 radical (unpaired) electrons. The summed E-state index contributed by atoms with van der Waals surface area (Å²) < 4.78 is 5.54. The van der Waals surface area contributed by atoms with Crippen molar-refractivity contribution in [3.8, 4) is 0 Å². The van der Waals surface area contributed by atoms with Crippen LogP contribution >= 0.6 is 0 Å². The van der Waals surface area contributed by atoms with E-state index < -0.39 is 0 Å². The summed E-state index contributed by atoms with van der Waals surface area (Å²) in [6.07, 6.45) is 5.31. The van der Waals surface area contributed by atoms with Crippen LogP contribution in [0.25, 0.3) is 0 Å². The molecule has 1 saturated heterocycles. The van der Waals surface area contributed by atoms with Gasteiger partial charge in [-0.05, 0) is 38.5 Å². The molecule has 1 N–H and O–H groups in total. The molecule has 0 aromatic carbocycles. The first-order valence-electron chi connectivity index (χ1n) is 8.22. The Labute approximate surface area is 123 Å². The van der Waals surface area contributed by atoms with Crippen LogP contribution in [0.2, 0.25) is 0 Å². The Morgan fingerprint density at radius 3 is 2.50 bits per heavy atom. The maximum absolute atomic E-state index is 12.7. The Bertz CT molecular complexity index is 326. The van der Waals surface area contributed by atoms with Gasteiger partial charge in [0.05, 0.1) is 24.9 Å². The van der Waals surface area contributed by atoms with Crippen molar-refractivity contribution in [3.63, 3.8) is 0 Å². The van der Waals surface area contributed by atoms with Crippen LogP contribution in [0.3, 0.4) is 0 Å². The number of hydrogen-bond donors (Lipinski definition) is 1. The van der Waals surface area contributed by atoms with Gasteiger partial charge in [0.25, 0.3) is 0 Å². The molecule has 20 heavy (non-hydrogen) atoms. The number of rotatable bonds is 6. The van der Waals surface area contributed by atoms with E-state index in [4.69, 9.17) is 4.74 Å². The van der Waals surface area contributed by atoms with Crippen molar-refractivity contribution < 1.29 is 9.53 Å². The first kappa shape index (κ1) is 15.8. The predicted octanol–water partition coefficient (Wildman–Crippen LogP) is 2.38. The van der Waals surface area contributed by atoms with Crippen LogP contribution in [0.1, 0.15) is 53.4 Å². The predicted molar refractivity (Wildman–Crippen MR) is 80.3 cm³/mol. The molecule has 1 heterocycles. The number of carbonyl (C=O) groups excluding carboxylic acids is 1. The van der Waals surface area contributed by atoms with Gasteiger partial charge < -0.3 is 9.64 Å². The minimum Gasteiger partial charge on any atom is -0.380 e. The Balaban J connectivity index is 2.11. The summed E-state index contributed by atoms with van der Waals surface area (Å²) in [5.74, 6) is 1.23. The second-order valence-corrected chi connectivity index (χ2v) is 6.63. The van der Waals surface area contributed by atoms with Crippen molar-refractivity contribution in [1.82, 2.24) is 10.2 Å². The molecule has 0 spiro atoms. The fourth-order valence-corrected chi connectivity index (χ4v) is 3.61. The van der Waals surface area contributed by atoms with Gasteiger partial charge in [-0.3, -0.25) is 10.1 Å². The van der Waals surface area contributed by atoms with Crippen molar-refractivity contribution in [2.75, 3.05) is 13.2 Å². The quantitative estimate of drug-likeness (QED) is 0.813. The van der Waals surface area contributed by atoms with E-state index in [1.165, 1.54) is 25.7 Å². The van der Waals surface area contributed by atoms with Gasteiger partial charge in [-0.1, -0.05) is 26.7 Å². The largest absolute Gasteiger partial charge is 0.380 e. The minimum absolute atomic E-state index is 0.0234. The lowest BCUT2D eigenvalue weighted by Gasteiger charge is -2.33. The molecule has 2 fully saturated rings. The molecule has 2 aliphatic rings. The topological polar surface area (TPSA) is 41.6 Å². The number of nitrogens with one attached hydrogen (secondary N) is 1. The molecule has 1 aliphatic heterocycles. The normalized spacial score (nSPS) is 29.6. The van der Waals surface area contributed by atoms with Gasteiger partial charge in [-0.2, -0.15) is 0 Å². The van der Waals surface area contributed by atoms with Gasteiger partial charge in [0, 0.05) is 6.61 Å². The highest BCUT2D eigenvalue weighted by molar-refractivity contribution is 5.85. The lowest BCUT2D eigenvalue weighted by Crippen LogP contribution is -2.48. The molecule has 1 amide bonds. The first-order valence-corrected chi connectivity index (χ1v) is 8.22. The second-order valence-electron chi connectivity index (χ2n) is 6.63. The summed E-state index contributed by atoms with van der Waals surface area (Å²) in [7, 11) is 0. The van der Waals surface area contributed by atoms with Crippen molar-refractivity contribution >= 4 is 5.91 Å². The Hall–Kier alpha value is -0.610. The minimum atomic E-state index is -0.0234. The van der Waals surface area contributed by atoms with E-state index in [0.717, 1.165) is 0 Å². The van der Waals surface area contributed by atoms with Crippen LogP contribution in [0.15, 0.2) is 0 Å². The Morgan fingerprint density at radius 2 is 1.95 bits per heavy atom. The van der Waals surface area contributed by atoms with E-state index >= 15 is 0 Å². The first-order chi connectivity index (χ1) is 9.56. The van der Waals surface area contributed by atoms with E-state index in [-0.39, 0.29) is 24.2 Å². The van der Waals surface area contributed by atoms with E-state index in [0.29, 0.717) is 25.0 Å². The van der Waals surface area contributed by atoms with Crippen molar-refractivity contribution in [3.05, 3.63) is 0 Å². The van der Waals surface area contributed by atoms with Crippen LogP contribution in [-0.2, 0) is 9.53 Å². The molecular formula is C16H30N2O2. The molecule has 3 unspecified atom stereocenters. The maximum Gasteiger partial charge on any atom is 0.241 e. The van der Waals surface area contributed by atoms with Crippen molar-refractivity contribution in [1.29, 1.82) is 0 Å². The highest BCUT2D eigenvalue weighted by Gasteiger charge is 2.45. The number of amides is 1. The smallest absolute Gasteiger partial charge is 0.241 e. The molecule has 4 nitrogen and oxygen atoms in total. The van der Waals surface area contributed by atoms with Crippen LogP contribution in [-0.4, -0.2) is 42.3 Å². The van der Waals surface area contributed by atoms with Crippen LogP contribution in [0, 0.1) is 11.8 Å². The van der Waals surface area contributed by atoms with Gasteiger partial charge in [0.1, 0.15) is 0 Å². The molecule has 1 saturated carbocycles. The zero-order valence-corrected chi connectivity index (χ0v) is 13.4. The standard InChI is InChI=1S/C16H30N2O2/c1-5-20-10-12(4)18-15(13-8-6-7-9-13)17-14(11(2)3)16(18)19/h11-15,17H,5-10H2,1-4H3. The molecule has 4 heteroatoms. The zero-order chi connectivity index (χ0) is 14.7. The van der Waals surface area contributed by atoms with E-state index in [9.17, 15) is 4.79 Å². The number of carbonyl (C=O) groups is 1. The summed E-state index contributed by atoms with van der Waals surface area (Å²) in [6.45, 7) is 9.71. The summed E-state index contributed by atoms with van der Waals surface area (Å²) in [4.78, 5) is 14.8. The zero-order valence-electron chi connectivity index (χ0n) is 13.4. The number of hydrogen-bond acceptors (Lipinski definition) is 3. The molecular weight excluding hydrogens is 252 g/mol. The highest BCUT2D eigenvalue weighted by Crippen LogP contribution is 2.34. The molecule has 2 rings (SSSR count). The van der Waals surface area contributed by atoms with E-state index in [1.54, 1.807) is 0 Å². The maximum atomic E-state index is 12.7. The lowest BCUT2D eigenvalue weighted by molar-refractivity contribution is -0.134. The summed E-state index contributed by atoms with van der Waals surface area (Å²) in [5, 5.41) is 3.61. The Morgan fingerprint density at radius 1 is 1.30 bits per heavy atom. The highest BCUT2D eigenvalue weighted by atomic mass is 16.5. The lowest BCUT2D eigenvalue weighted by atomic mass is 10.0. The monoisotopic (exact) mass is 282 g/mol. The second kappa shape index (κ2) is 6.90. The average molecular weight is 282 g/mol. The molecule has 116 valence electrons. The third kappa shape index (κ3) is 3.17. The SMILES string of the molecule is CCOCC(C)N1C(=O)C(C(C)C)NC1C1CCCC1. The number of nitrogens with zero attached hydrogens (tertiary/aromatic N) is 1. The average Bonchev–Trinajstić information content (AvgIpc) is 3.02. The van der Waals surface area contributed by atoms with E-state index in [2.05, 4.69) is 31.0 Å². The van der Waals surface area contributed by atoms with Gasteiger partial charge in [-0.25, -0.2) is 0 Å². The van der Waals surface area contributed by atoms with Gasteiger partial charge >= 0.3 is 0 Å². The van der Waals surface area contributed by atoms with Crippen molar-refractivity contribution in [2.24, 2.45) is 11.8 Å². The third-order valence-corrected chi connectivity index (χ3v) is 4.72. The Kier molecular flexibility index (Phi) is 5.44. The summed E-state index contributed by atoms with van der Waals surface area (Å²) in [5.41, 5.74) is 0. The number of ether oxygens (including phenoxy) is 1. The van der Waals surface area contributed by atoms with E-state index in [1.807, 2.05) is 6.92 Å². The fourth-order valence-electron chi connectivity index (χ4n) is 3.61. The van der Waals surface area contributed by atoms with Gasteiger partial charge in [-0.15, -0.1) is 0 Å². The fraction of sp³-hybridized carbons (Fsp3) is 0.938. The van der Waals surface area contributed by atoms with Gasteiger partial charge in [0.15, 0.2) is 0 Å². The third-order valence-electron chi connectivity index (χ3n) is 4.72. The van der Waals surface area contributed by atoms with Crippen LogP contribution < -0.4 is 5.32 Å². The molecule has 0 bridgehead atoms. The summed E-state index contributed by atoms with van der Waals surface area (Å²) >= 11 is 0. The van der Waals surface area contributed by atoms with Crippen LogP contribution in [0.4, 0.5) is 0 Å².